The van der Waals surface area contributed by atoms with Gasteiger partial charge >= 0.3 is 0 Å². The van der Waals surface area contributed by atoms with E-state index in [-0.39, 0.29) is 0 Å². The minimum Gasteiger partial charge on any atom is -0.298 e. The summed E-state index contributed by atoms with van der Waals surface area (Å²) in [5, 5.41) is 0. The Bertz CT molecular complexity index is 136. The average Bonchev–Trinajstić information content (AvgIpc) is 2.49. The smallest absolute Gasteiger partial charge is 0.0209 e. The van der Waals surface area contributed by atoms with Gasteiger partial charge in [0.1, 0.15) is 0 Å². The van der Waals surface area contributed by atoms with Gasteiger partial charge in [-0.15, -0.1) is 0 Å². The second-order valence-electron chi connectivity index (χ2n) is 4.41. The monoisotopic (exact) mass is 183 g/mol. The van der Waals surface area contributed by atoms with Gasteiger partial charge in [-0.1, -0.05) is 33.6 Å². The van der Waals surface area contributed by atoms with E-state index in [4.69, 9.17) is 0 Å². The van der Waals surface area contributed by atoms with Gasteiger partial charge in [-0.05, 0) is 38.8 Å². The molecule has 0 N–H and O–H groups in total. The van der Waals surface area contributed by atoms with E-state index in [9.17, 15) is 0 Å². The number of likely N-dealkylation sites (tertiary alicyclic amines) is 1. The van der Waals surface area contributed by atoms with E-state index in [1.807, 2.05) is 0 Å². The maximum atomic E-state index is 2.72. The molecule has 0 amide bonds. The highest BCUT2D eigenvalue weighted by Crippen LogP contribution is 2.37. The van der Waals surface area contributed by atoms with Crippen LogP contribution in [0.2, 0.25) is 0 Å². The summed E-state index contributed by atoms with van der Waals surface area (Å²) < 4.78 is 0. The number of nitrogens with zero attached hydrogens (tertiary/aromatic N) is 1. The molecular weight excluding hydrogens is 158 g/mol. The van der Waals surface area contributed by atoms with E-state index in [1.165, 1.54) is 51.6 Å². The highest BCUT2D eigenvalue weighted by atomic mass is 15.2. The van der Waals surface area contributed by atoms with Crippen LogP contribution in [0.4, 0.5) is 0 Å². The van der Waals surface area contributed by atoms with Crippen molar-refractivity contribution in [3.05, 3.63) is 0 Å². The average molecular weight is 183 g/mol. The van der Waals surface area contributed by atoms with Crippen molar-refractivity contribution in [2.75, 3.05) is 13.1 Å². The maximum absolute atomic E-state index is 2.72. The van der Waals surface area contributed by atoms with Gasteiger partial charge in [-0.2, -0.15) is 0 Å². The standard InChI is InChI=1S/C12H25N/c1-4-8-12(9-5-2)10-7-11-13(12)6-3/h4-11H2,1-3H3. The molecule has 0 unspecified atom stereocenters. The van der Waals surface area contributed by atoms with Gasteiger partial charge in [-0.25, -0.2) is 0 Å². The van der Waals surface area contributed by atoms with Gasteiger partial charge in [0.25, 0.3) is 0 Å². The molecule has 0 aromatic rings. The van der Waals surface area contributed by atoms with Crippen LogP contribution >= 0.6 is 0 Å². The summed E-state index contributed by atoms with van der Waals surface area (Å²) in [4.78, 5) is 2.72. The van der Waals surface area contributed by atoms with Gasteiger partial charge in [0.2, 0.25) is 0 Å². The highest BCUT2D eigenvalue weighted by Gasteiger charge is 2.37. The molecule has 0 bridgehead atoms. The summed E-state index contributed by atoms with van der Waals surface area (Å²) in [7, 11) is 0. The third kappa shape index (κ3) is 2.25. The fourth-order valence-corrected chi connectivity index (χ4v) is 3.11. The second kappa shape index (κ2) is 4.99. The first-order valence-electron chi connectivity index (χ1n) is 6.04. The van der Waals surface area contributed by atoms with Gasteiger partial charge in [0, 0.05) is 5.54 Å². The van der Waals surface area contributed by atoms with Crippen molar-refractivity contribution < 1.29 is 0 Å². The van der Waals surface area contributed by atoms with Crippen LogP contribution in [0.3, 0.4) is 0 Å². The Morgan fingerprint density at radius 1 is 1.08 bits per heavy atom. The van der Waals surface area contributed by atoms with E-state index in [0.717, 1.165) is 0 Å². The van der Waals surface area contributed by atoms with Crippen molar-refractivity contribution in [3.63, 3.8) is 0 Å². The molecule has 0 radical (unpaired) electrons. The summed E-state index contributed by atoms with van der Waals surface area (Å²) in [6.07, 6.45) is 8.38. The van der Waals surface area contributed by atoms with Gasteiger partial charge in [-0.3, -0.25) is 4.90 Å². The van der Waals surface area contributed by atoms with Crippen LogP contribution < -0.4 is 0 Å². The Hall–Kier alpha value is -0.0400. The fraction of sp³-hybridized carbons (Fsp3) is 1.00. The maximum Gasteiger partial charge on any atom is 0.0209 e. The normalized spacial score (nSPS) is 22.4. The predicted octanol–water partition coefficient (Wildman–Crippen LogP) is 3.44. The first-order chi connectivity index (χ1) is 6.29. The number of hydrogen-bond acceptors (Lipinski definition) is 1. The Balaban J connectivity index is 2.62. The molecule has 0 spiro atoms. The van der Waals surface area contributed by atoms with Crippen LogP contribution in [-0.4, -0.2) is 23.5 Å². The Kier molecular flexibility index (Phi) is 4.24. The largest absolute Gasteiger partial charge is 0.298 e. The third-order valence-corrected chi connectivity index (χ3v) is 3.55. The third-order valence-electron chi connectivity index (χ3n) is 3.55. The molecule has 1 fully saturated rings. The van der Waals surface area contributed by atoms with Gasteiger partial charge < -0.3 is 0 Å². The molecule has 78 valence electrons. The Labute approximate surface area is 83.5 Å². The molecule has 0 aromatic carbocycles. The van der Waals surface area contributed by atoms with Crippen molar-refractivity contribution in [1.82, 2.24) is 4.90 Å². The van der Waals surface area contributed by atoms with E-state index < -0.39 is 0 Å². The van der Waals surface area contributed by atoms with Crippen LogP contribution in [0, 0.1) is 0 Å². The molecule has 1 aliphatic rings. The zero-order valence-corrected chi connectivity index (χ0v) is 9.60. The first kappa shape index (κ1) is 11.0. The van der Waals surface area contributed by atoms with Crippen LogP contribution in [0.1, 0.15) is 59.3 Å². The quantitative estimate of drug-likeness (QED) is 0.631. The lowest BCUT2D eigenvalue weighted by molar-refractivity contribution is 0.121. The van der Waals surface area contributed by atoms with Crippen molar-refractivity contribution in [1.29, 1.82) is 0 Å². The zero-order valence-electron chi connectivity index (χ0n) is 9.60. The van der Waals surface area contributed by atoms with E-state index in [2.05, 4.69) is 25.7 Å². The molecule has 1 heteroatoms. The lowest BCUT2D eigenvalue weighted by Gasteiger charge is -2.38. The molecular formula is C12H25N. The molecule has 0 atom stereocenters. The molecule has 1 aliphatic heterocycles. The van der Waals surface area contributed by atoms with Crippen molar-refractivity contribution in [2.24, 2.45) is 0 Å². The molecule has 1 saturated heterocycles. The molecule has 0 aromatic heterocycles. The van der Waals surface area contributed by atoms with E-state index in [1.54, 1.807) is 0 Å². The van der Waals surface area contributed by atoms with Crippen LogP contribution in [0.25, 0.3) is 0 Å². The first-order valence-corrected chi connectivity index (χ1v) is 6.04. The fourth-order valence-electron chi connectivity index (χ4n) is 3.11. The lowest BCUT2D eigenvalue weighted by atomic mass is 9.86. The van der Waals surface area contributed by atoms with Crippen LogP contribution in [0.15, 0.2) is 0 Å². The minimum absolute atomic E-state index is 0.595. The highest BCUT2D eigenvalue weighted by molar-refractivity contribution is 4.94. The Morgan fingerprint density at radius 2 is 1.69 bits per heavy atom. The van der Waals surface area contributed by atoms with Gasteiger partial charge in [0.05, 0.1) is 0 Å². The number of hydrogen-bond donors (Lipinski definition) is 0. The van der Waals surface area contributed by atoms with E-state index >= 15 is 0 Å². The second-order valence-corrected chi connectivity index (χ2v) is 4.41. The van der Waals surface area contributed by atoms with Crippen molar-refractivity contribution in [3.8, 4) is 0 Å². The summed E-state index contributed by atoms with van der Waals surface area (Å²) in [6.45, 7) is 9.55. The van der Waals surface area contributed by atoms with E-state index in [0.29, 0.717) is 5.54 Å². The summed E-state index contributed by atoms with van der Waals surface area (Å²) >= 11 is 0. The minimum atomic E-state index is 0.595. The Morgan fingerprint density at radius 3 is 2.15 bits per heavy atom. The molecule has 13 heavy (non-hydrogen) atoms. The van der Waals surface area contributed by atoms with Crippen LogP contribution in [-0.2, 0) is 0 Å². The SMILES string of the molecule is CCCC1(CCC)CCCN1CC. The summed E-state index contributed by atoms with van der Waals surface area (Å²) in [6, 6.07) is 0. The number of rotatable bonds is 5. The molecule has 1 heterocycles. The van der Waals surface area contributed by atoms with Crippen molar-refractivity contribution in [2.45, 2.75) is 64.8 Å². The summed E-state index contributed by atoms with van der Waals surface area (Å²) in [5.41, 5.74) is 0.595. The lowest BCUT2D eigenvalue weighted by Crippen LogP contribution is -2.43. The zero-order chi connectivity index (χ0) is 9.73. The van der Waals surface area contributed by atoms with Crippen molar-refractivity contribution >= 4 is 0 Å². The molecule has 1 nitrogen and oxygen atoms in total. The molecule has 0 aliphatic carbocycles. The predicted molar refractivity (Wildman–Crippen MR) is 59.0 cm³/mol. The van der Waals surface area contributed by atoms with Crippen LogP contribution in [0.5, 0.6) is 0 Å². The topological polar surface area (TPSA) is 3.24 Å². The van der Waals surface area contributed by atoms with Gasteiger partial charge in [0.15, 0.2) is 0 Å². The molecule has 1 rings (SSSR count). The molecule has 0 saturated carbocycles. The summed E-state index contributed by atoms with van der Waals surface area (Å²) in [5.74, 6) is 0.